The van der Waals surface area contributed by atoms with Gasteiger partial charge in [-0.05, 0) is 32.3 Å². The Bertz CT molecular complexity index is 430. The van der Waals surface area contributed by atoms with E-state index in [0.29, 0.717) is 0 Å². The first kappa shape index (κ1) is 12.1. The van der Waals surface area contributed by atoms with Crippen molar-refractivity contribution in [3.63, 3.8) is 0 Å². The molecule has 0 amide bonds. The minimum Gasteiger partial charge on any atom is -0.468 e. The Balaban J connectivity index is 2.37. The highest BCUT2D eigenvalue weighted by Gasteiger charge is 2.60. The van der Waals surface area contributed by atoms with E-state index in [0.717, 1.165) is 18.4 Å². The summed E-state index contributed by atoms with van der Waals surface area (Å²) in [6.07, 6.45) is 1.89. The summed E-state index contributed by atoms with van der Waals surface area (Å²) in [7, 11) is 1.39. The molecule has 1 saturated carbocycles. The minimum atomic E-state index is -0.947. The van der Waals surface area contributed by atoms with Crippen molar-refractivity contribution in [2.45, 2.75) is 37.6 Å². The Morgan fingerprint density at radius 2 is 1.88 bits per heavy atom. The molecule has 0 aliphatic heterocycles. The first-order valence-corrected chi connectivity index (χ1v) is 5.88. The average molecular weight is 233 g/mol. The van der Waals surface area contributed by atoms with Crippen LogP contribution in [0.2, 0.25) is 0 Å². The first-order chi connectivity index (χ1) is 7.94. The van der Waals surface area contributed by atoms with E-state index in [1.165, 1.54) is 12.7 Å². The number of nitrogens with two attached hydrogens (primary N) is 1. The molecule has 2 rings (SSSR count). The van der Waals surface area contributed by atoms with Crippen LogP contribution >= 0.6 is 0 Å². The van der Waals surface area contributed by atoms with Gasteiger partial charge in [0, 0.05) is 5.41 Å². The number of carbonyl (C=O) groups excluding carboxylic acids is 1. The summed E-state index contributed by atoms with van der Waals surface area (Å²) < 4.78 is 4.82. The van der Waals surface area contributed by atoms with Crippen LogP contribution in [0.25, 0.3) is 0 Å². The molecule has 0 heterocycles. The Morgan fingerprint density at radius 3 is 2.29 bits per heavy atom. The Hall–Kier alpha value is -1.35. The molecular formula is C14H19NO2. The molecule has 0 saturated heterocycles. The maximum absolute atomic E-state index is 11.8. The van der Waals surface area contributed by atoms with E-state index in [-0.39, 0.29) is 11.4 Å². The van der Waals surface area contributed by atoms with Crippen molar-refractivity contribution in [2.75, 3.05) is 7.11 Å². The second-order valence-electron chi connectivity index (χ2n) is 5.14. The smallest absolute Gasteiger partial charge is 0.326 e. The molecule has 0 bridgehead atoms. The number of benzene rings is 1. The predicted octanol–water partition coefficient (Wildman–Crippen LogP) is 1.92. The number of aryl methyl sites for hydroxylation is 1. The van der Waals surface area contributed by atoms with Gasteiger partial charge in [0.1, 0.15) is 5.54 Å². The third-order valence-electron chi connectivity index (χ3n) is 3.96. The fraction of sp³-hybridized carbons (Fsp3) is 0.500. The van der Waals surface area contributed by atoms with Crippen molar-refractivity contribution < 1.29 is 9.53 Å². The third-order valence-corrected chi connectivity index (χ3v) is 3.96. The molecule has 1 aliphatic rings. The van der Waals surface area contributed by atoms with Gasteiger partial charge >= 0.3 is 5.97 Å². The average Bonchev–Trinajstić information content (AvgIpc) is 3.10. The lowest BCUT2D eigenvalue weighted by molar-refractivity contribution is -0.147. The fourth-order valence-electron chi connectivity index (χ4n) is 2.51. The van der Waals surface area contributed by atoms with E-state index in [1.54, 1.807) is 6.92 Å². The third kappa shape index (κ3) is 1.75. The number of hydrogen-bond acceptors (Lipinski definition) is 3. The summed E-state index contributed by atoms with van der Waals surface area (Å²) in [4.78, 5) is 11.8. The van der Waals surface area contributed by atoms with Gasteiger partial charge < -0.3 is 10.5 Å². The first-order valence-electron chi connectivity index (χ1n) is 5.88. The van der Waals surface area contributed by atoms with Gasteiger partial charge in [-0.2, -0.15) is 0 Å². The van der Waals surface area contributed by atoms with Crippen LogP contribution in [0, 0.1) is 6.92 Å². The quantitative estimate of drug-likeness (QED) is 0.811. The Kier molecular flexibility index (Phi) is 2.74. The van der Waals surface area contributed by atoms with E-state index in [1.807, 2.05) is 6.92 Å². The van der Waals surface area contributed by atoms with Crippen LogP contribution in [0.3, 0.4) is 0 Å². The van der Waals surface area contributed by atoms with Gasteiger partial charge in [0.25, 0.3) is 0 Å². The molecule has 0 aromatic heterocycles. The number of esters is 1. The molecule has 1 atom stereocenters. The standard InChI is InChI=1S/C14H19NO2/c1-10-4-6-11(7-5-10)14(8-9-14)13(2,15)12(16)17-3/h4-7H,8-9,15H2,1-3H3. The van der Waals surface area contributed by atoms with Crippen molar-refractivity contribution in [2.24, 2.45) is 5.73 Å². The molecule has 3 nitrogen and oxygen atoms in total. The maximum Gasteiger partial charge on any atom is 0.326 e. The summed E-state index contributed by atoms with van der Waals surface area (Å²) in [5.74, 6) is -0.337. The molecular weight excluding hydrogens is 214 g/mol. The van der Waals surface area contributed by atoms with Gasteiger partial charge in [-0.1, -0.05) is 29.8 Å². The van der Waals surface area contributed by atoms with Crippen LogP contribution in [0.15, 0.2) is 24.3 Å². The summed E-state index contributed by atoms with van der Waals surface area (Å²) in [6.45, 7) is 3.82. The molecule has 1 fully saturated rings. The summed E-state index contributed by atoms with van der Waals surface area (Å²) in [6, 6.07) is 8.25. The van der Waals surface area contributed by atoms with Crippen molar-refractivity contribution >= 4 is 5.97 Å². The SMILES string of the molecule is COC(=O)C(C)(N)C1(c2ccc(C)cc2)CC1. The second kappa shape index (κ2) is 3.84. The largest absolute Gasteiger partial charge is 0.468 e. The van der Waals surface area contributed by atoms with E-state index in [2.05, 4.69) is 24.3 Å². The van der Waals surface area contributed by atoms with Gasteiger partial charge in [0.05, 0.1) is 7.11 Å². The molecule has 2 N–H and O–H groups in total. The van der Waals surface area contributed by atoms with Crippen molar-refractivity contribution in [3.05, 3.63) is 35.4 Å². The zero-order chi connectivity index (χ0) is 12.7. The molecule has 92 valence electrons. The number of carbonyl (C=O) groups is 1. The lowest BCUT2D eigenvalue weighted by atomic mass is 9.77. The van der Waals surface area contributed by atoms with E-state index in [4.69, 9.17) is 10.5 Å². The summed E-state index contributed by atoms with van der Waals surface area (Å²) in [5.41, 5.74) is 7.36. The molecule has 0 spiro atoms. The van der Waals surface area contributed by atoms with E-state index >= 15 is 0 Å². The molecule has 1 aromatic carbocycles. The van der Waals surface area contributed by atoms with Crippen molar-refractivity contribution in [3.8, 4) is 0 Å². The highest BCUT2D eigenvalue weighted by atomic mass is 16.5. The van der Waals surface area contributed by atoms with Gasteiger partial charge in [0.15, 0.2) is 0 Å². The van der Waals surface area contributed by atoms with E-state index in [9.17, 15) is 4.79 Å². The second-order valence-corrected chi connectivity index (χ2v) is 5.14. The van der Waals surface area contributed by atoms with Crippen LogP contribution in [0.4, 0.5) is 0 Å². The summed E-state index contributed by atoms with van der Waals surface area (Å²) >= 11 is 0. The fourth-order valence-corrected chi connectivity index (χ4v) is 2.51. The van der Waals surface area contributed by atoms with Gasteiger partial charge in [0.2, 0.25) is 0 Å². The molecule has 3 heteroatoms. The van der Waals surface area contributed by atoms with Crippen molar-refractivity contribution in [1.29, 1.82) is 0 Å². The lowest BCUT2D eigenvalue weighted by Gasteiger charge is -2.32. The van der Waals surface area contributed by atoms with Gasteiger partial charge in [-0.25, -0.2) is 0 Å². The highest BCUT2D eigenvalue weighted by Crippen LogP contribution is 2.55. The molecule has 1 aliphatic carbocycles. The molecule has 17 heavy (non-hydrogen) atoms. The van der Waals surface area contributed by atoms with Crippen molar-refractivity contribution in [1.82, 2.24) is 0 Å². The van der Waals surface area contributed by atoms with Gasteiger partial charge in [-0.15, -0.1) is 0 Å². The van der Waals surface area contributed by atoms with Crippen LogP contribution in [-0.4, -0.2) is 18.6 Å². The Labute approximate surface area is 102 Å². The normalized spacial score (nSPS) is 20.5. The number of rotatable bonds is 3. The molecule has 1 aromatic rings. The minimum absolute atomic E-state index is 0.242. The maximum atomic E-state index is 11.8. The van der Waals surface area contributed by atoms with Crippen LogP contribution < -0.4 is 5.73 Å². The number of methoxy groups -OCH3 is 1. The highest BCUT2D eigenvalue weighted by molar-refractivity contribution is 5.83. The van der Waals surface area contributed by atoms with Crippen LogP contribution in [0.1, 0.15) is 30.9 Å². The lowest BCUT2D eigenvalue weighted by Crippen LogP contribution is -2.55. The zero-order valence-electron chi connectivity index (χ0n) is 10.6. The molecule has 0 radical (unpaired) electrons. The molecule has 1 unspecified atom stereocenters. The van der Waals surface area contributed by atoms with E-state index < -0.39 is 5.54 Å². The van der Waals surface area contributed by atoms with Crippen LogP contribution in [-0.2, 0) is 14.9 Å². The van der Waals surface area contributed by atoms with Gasteiger partial charge in [-0.3, -0.25) is 4.79 Å². The van der Waals surface area contributed by atoms with Crippen LogP contribution in [0.5, 0.6) is 0 Å². The topological polar surface area (TPSA) is 52.3 Å². The predicted molar refractivity (Wildman–Crippen MR) is 66.7 cm³/mol. The number of hydrogen-bond donors (Lipinski definition) is 1. The summed E-state index contributed by atoms with van der Waals surface area (Å²) in [5, 5.41) is 0. The Morgan fingerprint density at radius 1 is 1.35 bits per heavy atom. The zero-order valence-corrected chi connectivity index (χ0v) is 10.6. The monoisotopic (exact) mass is 233 g/mol. The number of ether oxygens (including phenoxy) is 1.